The molecule has 118 valence electrons. The first-order valence-corrected chi connectivity index (χ1v) is 7.79. The number of hydrogen-bond donors (Lipinski definition) is 1. The number of fused-ring (bicyclic) bond motifs is 3. The highest BCUT2D eigenvalue weighted by Crippen LogP contribution is 2.22. The molecule has 1 N–H and O–H groups in total. The van der Waals surface area contributed by atoms with Crippen LogP contribution in [0.3, 0.4) is 0 Å². The van der Waals surface area contributed by atoms with Crippen LogP contribution in [0.1, 0.15) is 11.1 Å². The highest BCUT2D eigenvalue weighted by atomic mass is 35.5. The third-order valence-corrected chi connectivity index (χ3v) is 4.10. The Kier molecular flexibility index (Phi) is 3.43. The molecular formula is C18H13ClN4O. The fourth-order valence-corrected chi connectivity index (χ4v) is 2.75. The number of benzene rings is 2. The van der Waals surface area contributed by atoms with Crippen molar-refractivity contribution in [2.75, 3.05) is 0 Å². The van der Waals surface area contributed by atoms with Crippen molar-refractivity contribution in [1.82, 2.24) is 14.6 Å². The summed E-state index contributed by atoms with van der Waals surface area (Å²) in [6.07, 6.45) is 3.03. The predicted octanol–water partition coefficient (Wildman–Crippen LogP) is 3.72. The first kappa shape index (κ1) is 14.7. The molecule has 0 unspecified atom stereocenters. The van der Waals surface area contributed by atoms with Crippen LogP contribution in [-0.4, -0.2) is 20.9 Å². The minimum absolute atomic E-state index is 0.237. The number of H-pyrrole nitrogens is 1. The van der Waals surface area contributed by atoms with Gasteiger partial charge < -0.3 is 4.98 Å². The summed E-state index contributed by atoms with van der Waals surface area (Å²) >= 11 is 5.86. The summed E-state index contributed by atoms with van der Waals surface area (Å²) in [5.41, 5.74) is 3.73. The first-order valence-electron chi connectivity index (χ1n) is 7.41. The topological polar surface area (TPSA) is 63.0 Å². The van der Waals surface area contributed by atoms with E-state index in [0.29, 0.717) is 16.1 Å². The summed E-state index contributed by atoms with van der Waals surface area (Å²) < 4.78 is 1.22. The molecule has 0 aliphatic rings. The van der Waals surface area contributed by atoms with Gasteiger partial charge in [-0.05, 0) is 36.8 Å². The Balaban J connectivity index is 1.82. The Morgan fingerprint density at radius 2 is 2.00 bits per heavy atom. The zero-order valence-corrected chi connectivity index (χ0v) is 13.6. The normalized spacial score (nSPS) is 11.8. The van der Waals surface area contributed by atoms with E-state index >= 15 is 0 Å². The Morgan fingerprint density at radius 3 is 2.79 bits per heavy atom. The van der Waals surface area contributed by atoms with Gasteiger partial charge in [-0.25, -0.2) is 4.98 Å². The molecule has 2 heterocycles. The number of nitrogens with one attached hydrogen (secondary N) is 1. The number of aryl methyl sites for hydroxylation is 1. The molecule has 0 amide bonds. The summed E-state index contributed by atoms with van der Waals surface area (Å²) in [6.45, 7) is 2.01. The van der Waals surface area contributed by atoms with E-state index < -0.39 is 0 Å². The quantitative estimate of drug-likeness (QED) is 0.567. The van der Waals surface area contributed by atoms with Crippen molar-refractivity contribution < 1.29 is 0 Å². The van der Waals surface area contributed by atoms with Crippen molar-refractivity contribution in [3.8, 4) is 0 Å². The summed E-state index contributed by atoms with van der Waals surface area (Å²) in [6, 6.07) is 13.2. The molecule has 4 rings (SSSR count). The Labute approximate surface area is 142 Å². The van der Waals surface area contributed by atoms with Crippen molar-refractivity contribution in [3.05, 3.63) is 75.3 Å². The summed E-state index contributed by atoms with van der Waals surface area (Å²) in [4.78, 5) is 20.1. The summed E-state index contributed by atoms with van der Waals surface area (Å²) in [7, 11) is 0. The van der Waals surface area contributed by atoms with Crippen LogP contribution in [0.25, 0.3) is 21.9 Å². The van der Waals surface area contributed by atoms with E-state index in [2.05, 4.69) is 15.1 Å². The molecule has 0 spiro atoms. The molecule has 0 aliphatic heterocycles. The van der Waals surface area contributed by atoms with Crippen molar-refractivity contribution in [3.63, 3.8) is 0 Å². The van der Waals surface area contributed by atoms with E-state index in [-0.39, 0.29) is 5.56 Å². The second-order valence-electron chi connectivity index (χ2n) is 5.59. The lowest BCUT2D eigenvalue weighted by Crippen LogP contribution is -2.17. The van der Waals surface area contributed by atoms with E-state index in [0.717, 1.165) is 22.0 Å². The van der Waals surface area contributed by atoms with Gasteiger partial charge in [0.2, 0.25) is 0 Å². The Morgan fingerprint density at radius 1 is 1.21 bits per heavy atom. The van der Waals surface area contributed by atoms with Crippen molar-refractivity contribution >= 4 is 39.8 Å². The van der Waals surface area contributed by atoms with Gasteiger partial charge in [0.25, 0.3) is 5.56 Å². The highest BCUT2D eigenvalue weighted by molar-refractivity contribution is 6.30. The average Bonchev–Trinajstić information content (AvgIpc) is 2.95. The third-order valence-electron chi connectivity index (χ3n) is 3.85. The number of aromatic nitrogens is 3. The predicted molar refractivity (Wildman–Crippen MR) is 97.0 cm³/mol. The van der Waals surface area contributed by atoms with Gasteiger partial charge in [0.1, 0.15) is 17.4 Å². The van der Waals surface area contributed by atoms with E-state index in [1.807, 2.05) is 37.3 Å². The first-order chi connectivity index (χ1) is 11.6. The minimum atomic E-state index is -0.237. The lowest BCUT2D eigenvalue weighted by Gasteiger charge is -1.98. The van der Waals surface area contributed by atoms with Crippen molar-refractivity contribution in [1.29, 1.82) is 0 Å². The lowest BCUT2D eigenvalue weighted by atomic mass is 10.2. The molecule has 0 aliphatic carbocycles. The van der Waals surface area contributed by atoms with Crippen LogP contribution >= 0.6 is 11.6 Å². The Bertz CT molecular complexity index is 1140. The number of aromatic amines is 1. The maximum absolute atomic E-state index is 12.6. The second-order valence-corrected chi connectivity index (χ2v) is 6.02. The molecule has 0 saturated carbocycles. The van der Waals surface area contributed by atoms with E-state index in [9.17, 15) is 4.79 Å². The molecule has 0 atom stereocenters. The van der Waals surface area contributed by atoms with E-state index in [1.165, 1.54) is 11.0 Å². The van der Waals surface area contributed by atoms with Crippen molar-refractivity contribution in [2.24, 2.45) is 5.10 Å². The summed E-state index contributed by atoms with van der Waals surface area (Å²) in [5, 5.41) is 5.79. The minimum Gasteiger partial charge on any atom is -0.349 e. The molecule has 6 heteroatoms. The maximum Gasteiger partial charge on any atom is 0.298 e. The number of nitrogens with zero attached hydrogens (tertiary/aromatic N) is 3. The second kappa shape index (κ2) is 5.62. The third kappa shape index (κ3) is 2.49. The molecule has 5 nitrogen and oxygen atoms in total. The van der Waals surface area contributed by atoms with Crippen LogP contribution in [0.15, 0.2) is 58.7 Å². The maximum atomic E-state index is 12.6. The van der Waals surface area contributed by atoms with Crippen molar-refractivity contribution in [2.45, 2.75) is 6.92 Å². The highest BCUT2D eigenvalue weighted by Gasteiger charge is 2.10. The van der Waals surface area contributed by atoms with E-state index in [1.54, 1.807) is 18.3 Å². The van der Waals surface area contributed by atoms with Gasteiger partial charge in [-0.3, -0.25) is 4.79 Å². The number of hydrogen-bond acceptors (Lipinski definition) is 3. The van der Waals surface area contributed by atoms with Crippen LogP contribution in [0.4, 0.5) is 0 Å². The Hall–Kier alpha value is -2.92. The van der Waals surface area contributed by atoms with E-state index in [4.69, 9.17) is 11.6 Å². The SMILES string of the molecule is Cc1ccc2[nH]c3c(=O)n(N=Cc4ccc(Cl)cc4)cnc3c2c1. The van der Waals surface area contributed by atoms with Gasteiger partial charge in [0.05, 0.1) is 6.21 Å². The van der Waals surface area contributed by atoms with Gasteiger partial charge in [-0.2, -0.15) is 9.78 Å². The molecule has 0 bridgehead atoms. The van der Waals surface area contributed by atoms with Crippen LogP contribution in [0, 0.1) is 6.92 Å². The molecule has 0 saturated heterocycles. The number of rotatable bonds is 2. The molecule has 24 heavy (non-hydrogen) atoms. The molecular weight excluding hydrogens is 324 g/mol. The average molecular weight is 337 g/mol. The fourth-order valence-electron chi connectivity index (χ4n) is 2.62. The van der Waals surface area contributed by atoms with Gasteiger partial charge in [0, 0.05) is 15.9 Å². The molecule has 4 aromatic rings. The number of halogens is 1. The van der Waals surface area contributed by atoms with Gasteiger partial charge >= 0.3 is 0 Å². The zero-order valence-electron chi connectivity index (χ0n) is 12.8. The summed E-state index contributed by atoms with van der Waals surface area (Å²) in [5.74, 6) is 0. The standard InChI is InChI=1S/C18H13ClN4O/c1-11-2-7-15-14(8-11)16-17(22-15)18(24)23(10-20-16)21-9-12-3-5-13(19)6-4-12/h2-10,22H,1H3. The monoisotopic (exact) mass is 336 g/mol. The molecule has 2 aromatic heterocycles. The largest absolute Gasteiger partial charge is 0.349 e. The smallest absolute Gasteiger partial charge is 0.298 e. The van der Waals surface area contributed by atoms with Crippen LogP contribution in [0.5, 0.6) is 0 Å². The van der Waals surface area contributed by atoms with Crippen LogP contribution in [0.2, 0.25) is 5.02 Å². The molecule has 0 fully saturated rings. The molecule has 2 aromatic carbocycles. The van der Waals surface area contributed by atoms with Gasteiger partial charge in [0.15, 0.2) is 0 Å². The van der Waals surface area contributed by atoms with Gasteiger partial charge in [-0.15, -0.1) is 0 Å². The molecule has 0 radical (unpaired) electrons. The van der Waals surface area contributed by atoms with Gasteiger partial charge in [-0.1, -0.05) is 35.4 Å². The zero-order chi connectivity index (χ0) is 16.7. The lowest BCUT2D eigenvalue weighted by molar-refractivity contribution is 0.815. The van der Waals surface area contributed by atoms with Crippen LogP contribution in [-0.2, 0) is 0 Å². The fraction of sp³-hybridized carbons (Fsp3) is 0.0556. The van der Waals surface area contributed by atoms with Crippen LogP contribution < -0.4 is 5.56 Å².